The van der Waals surface area contributed by atoms with Crippen LogP contribution in [0, 0.1) is 5.41 Å². The maximum Gasteiger partial charge on any atom is 0.0335 e. The third kappa shape index (κ3) is 9.70. The SMILES string of the molecule is CC.CCCN(CCC)C(C)(C)/C=C/C(C)(C)C. The van der Waals surface area contributed by atoms with E-state index in [2.05, 4.69) is 65.5 Å². The van der Waals surface area contributed by atoms with Crippen LogP contribution in [0.15, 0.2) is 12.2 Å². The fraction of sp³-hybridized carbons (Fsp3) is 0.882. The van der Waals surface area contributed by atoms with Crippen molar-refractivity contribution in [2.45, 2.75) is 80.7 Å². The Labute approximate surface area is 117 Å². The van der Waals surface area contributed by atoms with Gasteiger partial charge in [0.2, 0.25) is 0 Å². The largest absolute Gasteiger partial charge is 0.295 e. The maximum atomic E-state index is 2.58. The topological polar surface area (TPSA) is 3.24 Å². The van der Waals surface area contributed by atoms with E-state index >= 15 is 0 Å². The van der Waals surface area contributed by atoms with Crippen molar-refractivity contribution in [1.29, 1.82) is 0 Å². The van der Waals surface area contributed by atoms with Gasteiger partial charge in [0.15, 0.2) is 0 Å². The van der Waals surface area contributed by atoms with Crippen LogP contribution in [0.2, 0.25) is 0 Å². The zero-order valence-electron chi connectivity index (χ0n) is 14.4. The summed E-state index contributed by atoms with van der Waals surface area (Å²) < 4.78 is 0. The minimum atomic E-state index is 0.180. The molecule has 0 radical (unpaired) electrons. The van der Waals surface area contributed by atoms with Gasteiger partial charge in [0, 0.05) is 5.54 Å². The van der Waals surface area contributed by atoms with Crippen LogP contribution in [0.25, 0.3) is 0 Å². The maximum absolute atomic E-state index is 2.58. The summed E-state index contributed by atoms with van der Waals surface area (Å²) in [5.41, 5.74) is 0.459. The Hall–Kier alpha value is -0.300. The highest BCUT2D eigenvalue weighted by atomic mass is 15.2. The Morgan fingerprint density at radius 1 is 0.778 bits per heavy atom. The number of hydrogen-bond donors (Lipinski definition) is 0. The molecule has 0 aromatic rings. The molecule has 0 aliphatic carbocycles. The first-order valence-corrected chi connectivity index (χ1v) is 7.68. The Morgan fingerprint density at radius 3 is 1.44 bits per heavy atom. The lowest BCUT2D eigenvalue weighted by Gasteiger charge is -2.36. The first kappa shape index (κ1) is 20.0. The van der Waals surface area contributed by atoms with Crippen molar-refractivity contribution in [3.8, 4) is 0 Å². The molecule has 0 saturated heterocycles. The number of nitrogens with zero attached hydrogens (tertiary/aromatic N) is 1. The first-order chi connectivity index (χ1) is 8.23. The van der Waals surface area contributed by atoms with Gasteiger partial charge in [0.1, 0.15) is 0 Å². The van der Waals surface area contributed by atoms with Crippen molar-refractivity contribution in [2.75, 3.05) is 13.1 Å². The summed E-state index contributed by atoms with van der Waals surface area (Å²) in [5, 5.41) is 0. The second-order valence-corrected chi connectivity index (χ2v) is 6.34. The van der Waals surface area contributed by atoms with Crippen LogP contribution >= 0.6 is 0 Å². The summed E-state index contributed by atoms with van der Waals surface area (Å²) in [6.45, 7) is 22.3. The fourth-order valence-electron chi connectivity index (χ4n) is 1.79. The Balaban J connectivity index is 0. The summed E-state index contributed by atoms with van der Waals surface area (Å²) in [7, 11) is 0. The van der Waals surface area contributed by atoms with Crippen LogP contribution in [-0.4, -0.2) is 23.5 Å². The molecule has 0 bridgehead atoms. The van der Waals surface area contributed by atoms with Crippen LogP contribution in [0.4, 0.5) is 0 Å². The van der Waals surface area contributed by atoms with Gasteiger partial charge in [0.25, 0.3) is 0 Å². The molecule has 0 aliphatic heterocycles. The van der Waals surface area contributed by atoms with Crippen LogP contribution < -0.4 is 0 Å². The minimum absolute atomic E-state index is 0.180. The molecule has 0 aliphatic rings. The molecule has 0 atom stereocenters. The zero-order chi connectivity index (χ0) is 14.8. The van der Waals surface area contributed by atoms with Crippen LogP contribution in [-0.2, 0) is 0 Å². The minimum Gasteiger partial charge on any atom is -0.295 e. The molecular weight excluding hydrogens is 218 g/mol. The highest BCUT2D eigenvalue weighted by Gasteiger charge is 2.22. The normalized spacial score (nSPS) is 12.8. The predicted molar refractivity (Wildman–Crippen MR) is 86.2 cm³/mol. The van der Waals surface area contributed by atoms with Crippen molar-refractivity contribution in [3.05, 3.63) is 12.2 Å². The Bertz CT molecular complexity index is 202. The van der Waals surface area contributed by atoms with E-state index in [0.717, 1.165) is 0 Å². The summed E-state index contributed by atoms with van der Waals surface area (Å²) in [5.74, 6) is 0. The van der Waals surface area contributed by atoms with Crippen LogP contribution in [0.5, 0.6) is 0 Å². The lowest BCUT2D eigenvalue weighted by Crippen LogP contribution is -2.43. The monoisotopic (exact) mass is 255 g/mol. The molecule has 0 unspecified atom stereocenters. The zero-order valence-corrected chi connectivity index (χ0v) is 14.4. The van der Waals surface area contributed by atoms with Gasteiger partial charge in [-0.05, 0) is 45.2 Å². The van der Waals surface area contributed by atoms with Crippen molar-refractivity contribution < 1.29 is 0 Å². The van der Waals surface area contributed by atoms with Gasteiger partial charge < -0.3 is 0 Å². The van der Waals surface area contributed by atoms with Gasteiger partial charge in [-0.1, -0.05) is 60.6 Å². The van der Waals surface area contributed by atoms with Gasteiger partial charge in [0.05, 0.1) is 0 Å². The summed E-state index contributed by atoms with van der Waals surface area (Å²) in [6, 6.07) is 0. The molecule has 0 saturated carbocycles. The van der Waals surface area contributed by atoms with Gasteiger partial charge in [-0.3, -0.25) is 4.90 Å². The third-order valence-corrected chi connectivity index (χ3v) is 2.79. The van der Waals surface area contributed by atoms with Crippen LogP contribution in [0.1, 0.15) is 75.2 Å². The first-order valence-electron chi connectivity index (χ1n) is 7.68. The summed E-state index contributed by atoms with van der Waals surface area (Å²) >= 11 is 0. The van der Waals surface area contributed by atoms with E-state index < -0.39 is 0 Å². The smallest absolute Gasteiger partial charge is 0.0335 e. The number of hydrogen-bond acceptors (Lipinski definition) is 1. The fourth-order valence-corrected chi connectivity index (χ4v) is 1.79. The number of allylic oxidation sites excluding steroid dienone is 1. The molecule has 0 fully saturated rings. The van der Waals surface area contributed by atoms with Crippen molar-refractivity contribution in [3.63, 3.8) is 0 Å². The molecule has 1 nitrogen and oxygen atoms in total. The van der Waals surface area contributed by atoms with Crippen molar-refractivity contribution >= 4 is 0 Å². The molecule has 1 heteroatoms. The van der Waals surface area contributed by atoms with Crippen LogP contribution in [0.3, 0.4) is 0 Å². The second kappa shape index (κ2) is 9.61. The lowest BCUT2D eigenvalue weighted by molar-refractivity contribution is 0.161. The second-order valence-electron chi connectivity index (χ2n) is 6.34. The standard InChI is InChI=1S/C15H31N.C2H6/c1-8-12-16(13-9-2)15(6,7)11-10-14(3,4)5;1-2/h10-11H,8-9,12-13H2,1-7H3;1-2H3/b11-10+;. The molecule has 110 valence electrons. The predicted octanol–water partition coefficient (Wildman–Crippen LogP) is 5.52. The molecule has 0 aromatic heterocycles. The lowest BCUT2D eigenvalue weighted by atomic mass is 9.91. The van der Waals surface area contributed by atoms with Gasteiger partial charge >= 0.3 is 0 Å². The molecule has 0 amide bonds. The average Bonchev–Trinajstić information content (AvgIpc) is 2.28. The summed E-state index contributed by atoms with van der Waals surface area (Å²) in [4.78, 5) is 2.58. The molecule has 18 heavy (non-hydrogen) atoms. The molecular formula is C17H37N. The molecule has 0 aromatic carbocycles. The molecule has 0 N–H and O–H groups in total. The van der Waals surface area contributed by atoms with Crippen molar-refractivity contribution in [2.24, 2.45) is 5.41 Å². The van der Waals surface area contributed by atoms with Gasteiger partial charge in [-0.25, -0.2) is 0 Å². The van der Waals surface area contributed by atoms with E-state index in [1.807, 2.05) is 13.8 Å². The van der Waals surface area contributed by atoms with E-state index in [4.69, 9.17) is 0 Å². The third-order valence-electron chi connectivity index (χ3n) is 2.79. The molecule has 0 rings (SSSR count). The van der Waals surface area contributed by atoms with Gasteiger partial charge in [-0.15, -0.1) is 0 Å². The highest BCUT2D eigenvalue weighted by Crippen LogP contribution is 2.22. The van der Waals surface area contributed by atoms with Crippen molar-refractivity contribution in [1.82, 2.24) is 4.90 Å². The van der Waals surface area contributed by atoms with E-state index in [-0.39, 0.29) is 11.0 Å². The summed E-state index contributed by atoms with van der Waals surface area (Å²) in [6.07, 6.45) is 7.17. The van der Waals surface area contributed by atoms with E-state index in [9.17, 15) is 0 Å². The van der Waals surface area contributed by atoms with E-state index in [1.165, 1.54) is 25.9 Å². The Morgan fingerprint density at radius 2 is 1.17 bits per heavy atom. The Kier molecular flexibility index (Phi) is 10.7. The van der Waals surface area contributed by atoms with E-state index in [1.54, 1.807) is 0 Å². The van der Waals surface area contributed by atoms with E-state index in [0.29, 0.717) is 0 Å². The number of rotatable bonds is 6. The highest BCUT2D eigenvalue weighted by molar-refractivity contribution is 5.06. The van der Waals surface area contributed by atoms with Gasteiger partial charge in [-0.2, -0.15) is 0 Å². The molecule has 0 heterocycles. The quantitative estimate of drug-likeness (QED) is 0.565. The molecule has 0 spiro atoms. The average molecular weight is 255 g/mol.